The summed E-state index contributed by atoms with van der Waals surface area (Å²) in [5, 5.41) is 15.9. The SMILES string of the molecule is O=C(NC1CC2(CCN(CCO)CC2)c2ccccc21)c1ccno1. The smallest absolute Gasteiger partial charge is 0.290 e. The van der Waals surface area contributed by atoms with Crippen molar-refractivity contribution in [2.45, 2.75) is 30.7 Å². The quantitative estimate of drug-likeness (QED) is 0.888. The van der Waals surface area contributed by atoms with Gasteiger partial charge in [0, 0.05) is 18.0 Å². The molecule has 25 heavy (non-hydrogen) atoms. The number of hydrogen-bond donors (Lipinski definition) is 2. The Kier molecular flexibility index (Phi) is 4.31. The van der Waals surface area contributed by atoms with Crippen LogP contribution in [0.5, 0.6) is 0 Å². The Morgan fingerprint density at radius 1 is 1.32 bits per heavy atom. The van der Waals surface area contributed by atoms with E-state index in [1.54, 1.807) is 6.07 Å². The predicted molar refractivity (Wildman–Crippen MR) is 92.2 cm³/mol. The van der Waals surface area contributed by atoms with Crippen molar-refractivity contribution in [3.05, 3.63) is 53.4 Å². The van der Waals surface area contributed by atoms with Crippen molar-refractivity contribution in [2.75, 3.05) is 26.2 Å². The number of nitrogens with one attached hydrogen (secondary N) is 1. The first-order valence-electron chi connectivity index (χ1n) is 8.86. The summed E-state index contributed by atoms with van der Waals surface area (Å²) in [6, 6.07) is 10.0. The van der Waals surface area contributed by atoms with Crippen LogP contribution in [0, 0.1) is 0 Å². The zero-order valence-electron chi connectivity index (χ0n) is 14.1. The van der Waals surface area contributed by atoms with Crippen molar-refractivity contribution in [3.63, 3.8) is 0 Å². The van der Waals surface area contributed by atoms with E-state index in [9.17, 15) is 4.79 Å². The molecule has 2 N–H and O–H groups in total. The standard InChI is InChI=1S/C19H23N3O3/c23-12-11-22-9-6-19(7-10-22)13-16(14-3-1-2-4-15(14)19)21-18(24)17-5-8-20-25-17/h1-5,8,16,23H,6-7,9-13H2,(H,21,24). The second kappa shape index (κ2) is 6.61. The number of carbonyl (C=O) groups is 1. The van der Waals surface area contributed by atoms with Crippen LogP contribution < -0.4 is 5.32 Å². The van der Waals surface area contributed by atoms with Crippen molar-refractivity contribution < 1.29 is 14.4 Å². The van der Waals surface area contributed by atoms with Gasteiger partial charge in [-0.25, -0.2) is 0 Å². The van der Waals surface area contributed by atoms with E-state index in [2.05, 4.69) is 33.6 Å². The molecule has 4 rings (SSSR count). The van der Waals surface area contributed by atoms with Crippen molar-refractivity contribution >= 4 is 5.91 Å². The third kappa shape index (κ3) is 2.96. The van der Waals surface area contributed by atoms with E-state index in [1.165, 1.54) is 17.3 Å². The monoisotopic (exact) mass is 341 g/mol. The first-order chi connectivity index (χ1) is 12.2. The molecule has 1 amide bonds. The number of piperidine rings is 1. The highest BCUT2D eigenvalue weighted by Crippen LogP contribution is 2.50. The molecule has 0 saturated carbocycles. The zero-order valence-corrected chi connectivity index (χ0v) is 14.1. The molecule has 1 fully saturated rings. The molecule has 6 heteroatoms. The van der Waals surface area contributed by atoms with Crippen molar-refractivity contribution in [2.24, 2.45) is 0 Å². The number of carbonyl (C=O) groups excluding carboxylic acids is 1. The highest BCUT2D eigenvalue weighted by atomic mass is 16.5. The third-order valence-corrected chi connectivity index (χ3v) is 5.70. The Hall–Kier alpha value is -2.18. The molecule has 1 aromatic heterocycles. The molecule has 132 valence electrons. The number of aliphatic hydroxyl groups excluding tert-OH is 1. The Balaban J connectivity index is 1.55. The molecule has 1 aromatic carbocycles. The lowest BCUT2D eigenvalue weighted by Crippen LogP contribution is -2.43. The van der Waals surface area contributed by atoms with Crippen molar-refractivity contribution in [1.82, 2.24) is 15.4 Å². The lowest BCUT2D eigenvalue weighted by molar-refractivity contribution is 0.0884. The van der Waals surface area contributed by atoms with Gasteiger partial charge in [-0.3, -0.25) is 4.79 Å². The van der Waals surface area contributed by atoms with Crippen LogP contribution in [0.4, 0.5) is 0 Å². The average molecular weight is 341 g/mol. The number of rotatable bonds is 4. The van der Waals surface area contributed by atoms with E-state index >= 15 is 0 Å². The Bertz CT molecular complexity index is 736. The second-order valence-electron chi connectivity index (χ2n) is 7.04. The Morgan fingerprint density at radius 3 is 2.84 bits per heavy atom. The first-order valence-corrected chi connectivity index (χ1v) is 8.86. The van der Waals surface area contributed by atoms with Gasteiger partial charge in [0.25, 0.3) is 5.91 Å². The van der Waals surface area contributed by atoms with Gasteiger partial charge in [-0.05, 0) is 43.5 Å². The number of β-amino-alcohol motifs (C(OH)–C–C–N with tert-alkyl or cyclic N) is 1. The summed E-state index contributed by atoms with van der Waals surface area (Å²) in [7, 11) is 0. The molecule has 1 aliphatic carbocycles. The summed E-state index contributed by atoms with van der Waals surface area (Å²) < 4.78 is 4.98. The van der Waals surface area contributed by atoms with Gasteiger partial charge in [0.05, 0.1) is 18.8 Å². The van der Waals surface area contributed by atoms with Gasteiger partial charge >= 0.3 is 0 Å². The van der Waals surface area contributed by atoms with Gasteiger partial charge in [0.2, 0.25) is 5.76 Å². The van der Waals surface area contributed by atoms with Crippen molar-refractivity contribution in [3.8, 4) is 0 Å². The molecule has 1 saturated heterocycles. The van der Waals surface area contributed by atoms with Gasteiger partial charge in [0.15, 0.2) is 0 Å². The summed E-state index contributed by atoms with van der Waals surface area (Å²) >= 11 is 0. The van der Waals surface area contributed by atoms with Crippen LogP contribution in [-0.4, -0.2) is 47.3 Å². The number of aromatic nitrogens is 1. The maximum atomic E-state index is 12.4. The summed E-state index contributed by atoms with van der Waals surface area (Å²) in [5.41, 5.74) is 2.69. The number of fused-ring (bicyclic) bond motifs is 2. The number of nitrogens with zero attached hydrogens (tertiary/aromatic N) is 2. The predicted octanol–water partition coefficient (Wildman–Crippen LogP) is 1.88. The molecule has 1 atom stereocenters. The number of likely N-dealkylation sites (tertiary alicyclic amines) is 1. The van der Waals surface area contributed by atoms with E-state index in [-0.39, 0.29) is 29.7 Å². The molecule has 1 spiro atoms. The minimum Gasteiger partial charge on any atom is -0.395 e. The zero-order chi connectivity index (χ0) is 17.3. The lowest BCUT2D eigenvalue weighted by Gasteiger charge is -2.40. The highest BCUT2D eigenvalue weighted by molar-refractivity contribution is 5.91. The molecule has 2 aliphatic rings. The van der Waals surface area contributed by atoms with Gasteiger partial charge in [-0.1, -0.05) is 29.4 Å². The maximum Gasteiger partial charge on any atom is 0.290 e. The minimum absolute atomic E-state index is 0.00167. The first kappa shape index (κ1) is 16.3. The van der Waals surface area contributed by atoms with Crippen LogP contribution in [0.15, 0.2) is 41.1 Å². The third-order valence-electron chi connectivity index (χ3n) is 5.70. The van der Waals surface area contributed by atoms with Crippen LogP contribution >= 0.6 is 0 Å². The molecule has 2 heterocycles. The summed E-state index contributed by atoms with van der Waals surface area (Å²) in [5.74, 6) is 0.0308. The van der Waals surface area contributed by atoms with Crippen LogP contribution in [0.25, 0.3) is 0 Å². The highest BCUT2D eigenvalue weighted by Gasteiger charge is 2.45. The van der Waals surface area contributed by atoms with E-state index in [0.717, 1.165) is 38.9 Å². The number of amides is 1. The van der Waals surface area contributed by atoms with Crippen LogP contribution in [-0.2, 0) is 5.41 Å². The van der Waals surface area contributed by atoms with E-state index < -0.39 is 0 Å². The summed E-state index contributed by atoms with van der Waals surface area (Å²) in [6.07, 6.45) is 4.51. The fraction of sp³-hybridized carbons (Fsp3) is 0.474. The molecular formula is C19H23N3O3. The number of benzene rings is 1. The Morgan fingerprint density at radius 2 is 2.12 bits per heavy atom. The molecule has 1 unspecified atom stereocenters. The average Bonchev–Trinajstić information content (AvgIpc) is 3.26. The lowest BCUT2D eigenvalue weighted by atomic mass is 9.73. The van der Waals surface area contributed by atoms with Crippen LogP contribution in [0.1, 0.15) is 47.0 Å². The van der Waals surface area contributed by atoms with E-state index in [4.69, 9.17) is 9.63 Å². The van der Waals surface area contributed by atoms with Crippen LogP contribution in [0.3, 0.4) is 0 Å². The second-order valence-corrected chi connectivity index (χ2v) is 7.04. The Labute approximate surface area is 146 Å². The fourth-order valence-corrected chi connectivity index (χ4v) is 4.41. The van der Waals surface area contributed by atoms with Gasteiger partial charge in [-0.2, -0.15) is 0 Å². The molecule has 1 aliphatic heterocycles. The van der Waals surface area contributed by atoms with E-state index in [1.807, 2.05) is 6.07 Å². The van der Waals surface area contributed by atoms with Gasteiger partial charge in [0.1, 0.15) is 0 Å². The number of hydrogen-bond acceptors (Lipinski definition) is 5. The van der Waals surface area contributed by atoms with Gasteiger partial charge < -0.3 is 19.8 Å². The molecule has 0 bridgehead atoms. The molecule has 6 nitrogen and oxygen atoms in total. The topological polar surface area (TPSA) is 78.6 Å². The van der Waals surface area contributed by atoms with Crippen LogP contribution in [0.2, 0.25) is 0 Å². The number of aliphatic hydroxyl groups is 1. The summed E-state index contributed by atoms with van der Waals surface area (Å²) in [4.78, 5) is 14.7. The fourth-order valence-electron chi connectivity index (χ4n) is 4.41. The van der Waals surface area contributed by atoms with Crippen molar-refractivity contribution in [1.29, 1.82) is 0 Å². The van der Waals surface area contributed by atoms with Gasteiger partial charge in [-0.15, -0.1) is 0 Å². The summed E-state index contributed by atoms with van der Waals surface area (Å²) in [6.45, 7) is 2.91. The maximum absolute atomic E-state index is 12.4. The van der Waals surface area contributed by atoms with E-state index in [0.29, 0.717) is 0 Å². The normalized spacial score (nSPS) is 22.0. The molecular weight excluding hydrogens is 318 g/mol. The largest absolute Gasteiger partial charge is 0.395 e. The minimum atomic E-state index is -0.216. The molecule has 0 radical (unpaired) electrons. The molecule has 2 aromatic rings.